The van der Waals surface area contributed by atoms with E-state index in [0.29, 0.717) is 29.8 Å². The van der Waals surface area contributed by atoms with Gasteiger partial charge in [-0.3, -0.25) is 9.59 Å². The van der Waals surface area contributed by atoms with Crippen LogP contribution >= 0.6 is 0 Å². The maximum absolute atomic E-state index is 14.1. The van der Waals surface area contributed by atoms with Gasteiger partial charge in [0.25, 0.3) is 5.91 Å². The lowest BCUT2D eigenvalue weighted by atomic mass is 9.79. The van der Waals surface area contributed by atoms with Gasteiger partial charge in [-0.05, 0) is 23.3 Å². The minimum absolute atomic E-state index is 0.0672. The first-order valence-corrected chi connectivity index (χ1v) is 10.6. The molecular weight excluding hydrogens is 407 g/mol. The summed E-state index contributed by atoms with van der Waals surface area (Å²) in [6.07, 6.45) is 0. The normalized spacial score (nSPS) is 17.7. The Bertz CT molecular complexity index is 1100. The number of fused-ring (bicyclic) bond motifs is 1. The number of hydrogen-bond acceptors (Lipinski definition) is 3. The molecule has 0 fully saturated rings. The van der Waals surface area contributed by atoms with Crippen molar-refractivity contribution in [2.24, 2.45) is 0 Å². The molecule has 1 aliphatic rings. The zero-order valence-corrected chi connectivity index (χ0v) is 17.8. The van der Waals surface area contributed by atoms with Gasteiger partial charge in [0.05, 0.1) is 18.6 Å². The molecule has 0 saturated heterocycles. The highest BCUT2D eigenvalue weighted by atomic mass is 19.1. The van der Waals surface area contributed by atoms with Crippen LogP contribution in [0.15, 0.2) is 78.9 Å². The van der Waals surface area contributed by atoms with Crippen molar-refractivity contribution in [2.45, 2.75) is 18.5 Å². The summed E-state index contributed by atoms with van der Waals surface area (Å²) in [6, 6.07) is 22.6. The van der Waals surface area contributed by atoms with E-state index in [-0.39, 0.29) is 24.2 Å². The van der Waals surface area contributed by atoms with Crippen molar-refractivity contribution < 1.29 is 18.7 Å². The zero-order valence-electron chi connectivity index (χ0n) is 17.8. The smallest absolute Gasteiger partial charge is 0.254 e. The molecule has 2 atom stereocenters. The standard InChI is InChI=1S/C26H25FN2O3/c1-32-16-15-29-24(18-9-3-2-4-10-18)23(20-12-6-7-13-21(20)26(29)31)25(30)28-17-19-11-5-8-14-22(19)27/h2-14,23-24H,15-17H2,1H3,(H,28,30). The number of carbonyl (C=O) groups is 2. The minimum atomic E-state index is -0.644. The number of ether oxygens (including phenoxy) is 1. The summed E-state index contributed by atoms with van der Waals surface area (Å²) in [7, 11) is 1.58. The van der Waals surface area contributed by atoms with Crippen LogP contribution < -0.4 is 5.32 Å². The second-order valence-corrected chi connectivity index (χ2v) is 7.72. The maximum Gasteiger partial charge on any atom is 0.254 e. The highest BCUT2D eigenvalue weighted by Crippen LogP contribution is 2.42. The van der Waals surface area contributed by atoms with Crippen molar-refractivity contribution in [1.29, 1.82) is 0 Å². The molecule has 0 spiro atoms. The maximum atomic E-state index is 14.1. The lowest BCUT2D eigenvalue weighted by molar-refractivity contribution is -0.124. The summed E-state index contributed by atoms with van der Waals surface area (Å²) in [5.74, 6) is -1.41. The van der Waals surface area contributed by atoms with Crippen LogP contribution in [0.4, 0.5) is 4.39 Å². The summed E-state index contributed by atoms with van der Waals surface area (Å²) < 4.78 is 19.3. The number of carbonyl (C=O) groups excluding carboxylic acids is 2. The Morgan fingerprint density at radius 3 is 2.44 bits per heavy atom. The van der Waals surface area contributed by atoms with Crippen molar-refractivity contribution in [1.82, 2.24) is 10.2 Å². The fourth-order valence-electron chi connectivity index (χ4n) is 4.27. The first kappa shape index (κ1) is 21.7. The minimum Gasteiger partial charge on any atom is -0.383 e. The van der Waals surface area contributed by atoms with Crippen LogP contribution in [0.2, 0.25) is 0 Å². The van der Waals surface area contributed by atoms with Gasteiger partial charge in [0.2, 0.25) is 5.91 Å². The van der Waals surface area contributed by atoms with E-state index in [0.717, 1.165) is 5.56 Å². The van der Waals surface area contributed by atoms with Crippen molar-refractivity contribution in [2.75, 3.05) is 20.3 Å². The Hall–Kier alpha value is -3.51. The van der Waals surface area contributed by atoms with Crippen LogP contribution in [0.1, 0.15) is 39.0 Å². The largest absolute Gasteiger partial charge is 0.383 e. The highest BCUT2D eigenvalue weighted by molar-refractivity contribution is 6.01. The fourth-order valence-corrected chi connectivity index (χ4v) is 4.27. The van der Waals surface area contributed by atoms with Crippen LogP contribution in [-0.2, 0) is 16.1 Å². The van der Waals surface area contributed by atoms with Gasteiger partial charge >= 0.3 is 0 Å². The molecule has 1 heterocycles. The van der Waals surface area contributed by atoms with Crippen LogP contribution in [-0.4, -0.2) is 37.0 Å². The molecule has 0 radical (unpaired) electrons. The first-order valence-electron chi connectivity index (χ1n) is 10.6. The Morgan fingerprint density at radius 2 is 1.69 bits per heavy atom. The molecule has 0 aromatic heterocycles. The molecule has 0 bridgehead atoms. The van der Waals surface area contributed by atoms with Crippen LogP contribution in [0.5, 0.6) is 0 Å². The molecule has 0 aliphatic carbocycles. The van der Waals surface area contributed by atoms with E-state index in [4.69, 9.17) is 4.74 Å². The van der Waals surface area contributed by atoms with Gasteiger partial charge < -0.3 is 15.0 Å². The third kappa shape index (κ3) is 4.27. The van der Waals surface area contributed by atoms with Gasteiger partial charge in [-0.1, -0.05) is 66.7 Å². The summed E-state index contributed by atoms with van der Waals surface area (Å²) in [5.41, 5.74) is 2.44. The number of rotatable bonds is 7. The number of methoxy groups -OCH3 is 1. The van der Waals surface area contributed by atoms with E-state index in [1.165, 1.54) is 6.07 Å². The van der Waals surface area contributed by atoms with E-state index in [9.17, 15) is 14.0 Å². The molecule has 5 nitrogen and oxygen atoms in total. The molecule has 1 N–H and O–H groups in total. The lowest BCUT2D eigenvalue weighted by Crippen LogP contribution is -2.48. The molecule has 32 heavy (non-hydrogen) atoms. The Morgan fingerprint density at radius 1 is 1.00 bits per heavy atom. The van der Waals surface area contributed by atoms with Gasteiger partial charge in [0, 0.05) is 31.3 Å². The second-order valence-electron chi connectivity index (χ2n) is 7.72. The average molecular weight is 432 g/mol. The number of benzene rings is 3. The third-order valence-electron chi connectivity index (χ3n) is 5.81. The van der Waals surface area contributed by atoms with E-state index >= 15 is 0 Å². The summed E-state index contributed by atoms with van der Waals surface area (Å²) in [5, 5.41) is 2.89. The molecule has 2 amide bonds. The predicted molar refractivity (Wildman–Crippen MR) is 120 cm³/mol. The van der Waals surface area contributed by atoms with Gasteiger partial charge in [-0.25, -0.2) is 4.39 Å². The highest BCUT2D eigenvalue weighted by Gasteiger charge is 2.43. The first-order chi connectivity index (χ1) is 15.6. The predicted octanol–water partition coefficient (Wildman–Crippen LogP) is 4.07. The fraction of sp³-hybridized carbons (Fsp3) is 0.231. The monoisotopic (exact) mass is 432 g/mol. The van der Waals surface area contributed by atoms with E-state index < -0.39 is 12.0 Å². The van der Waals surface area contributed by atoms with Crippen molar-refractivity contribution in [3.63, 3.8) is 0 Å². The summed E-state index contributed by atoms with van der Waals surface area (Å²) >= 11 is 0. The molecule has 1 aliphatic heterocycles. The molecule has 0 saturated carbocycles. The number of hydrogen-bond donors (Lipinski definition) is 1. The molecule has 6 heteroatoms. The van der Waals surface area contributed by atoms with Gasteiger partial charge in [-0.2, -0.15) is 0 Å². The molecule has 2 unspecified atom stereocenters. The number of nitrogens with zero attached hydrogens (tertiary/aromatic N) is 1. The third-order valence-corrected chi connectivity index (χ3v) is 5.81. The van der Waals surface area contributed by atoms with Crippen LogP contribution in [0.25, 0.3) is 0 Å². The second kappa shape index (κ2) is 9.75. The SMILES string of the molecule is COCCN1C(=O)c2ccccc2C(C(=O)NCc2ccccc2F)C1c1ccccc1. The quantitative estimate of drug-likeness (QED) is 0.612. The van der Waals surface area contributed by atoms with Crippen LogP contribution in [0.3, 0.4) is 0 Å². The Balaban J connectivity index is 1.74. The topological polar surface area (TPSA) is 58.6 Å². The Kier molecular flexibility index (Phi) is 6.61. The van der Waals surface area contributed by atoms with E-state index in [1.807, 2.05) is 42.5 Å². The average Bonchev–Trinajstić information content (AvgIpc) is 2.83. The molecule has 3 aromatic carbocycles. The Labute approximate surface area is 186 Å². The summed E-state index contributed by atoms with van der Waals surface area (Å²) in [6.45, 7) is 0.763. The molecule has 3 aromatic rings. The van der Waals surface area contributed by atoms with Crippen molar-refractivity contribution in [3.8, 4) is 0 Å². The van der Waals surface area contributed by atoms with Crippen LogP contribution in [0, 0.1) is 5.82 Å². The summed E-state index contributed by atoms with van der Waals surface area (Å²) in [4.78, 5) is 28.6. The number of halogens is 1. The molecule has 164 valence electrons. The molecule has 4 rings (SSSR count). The van der Waals surface area contributed by atoms with Crippen molar-refractivity contribution in [3.05, 3.63) is 107 Å². The lowest BCUT2D eigenvalue weighted by Gasteiger charge is -2.41. The number of amides is 2. The van der Waals surface area contributed by atoms with Crippen molar-refractivity contribution >= 4 is 11.8 Å². The molecular formula is C26H25FN2O3. The van der Waals surface area contributed by atoms with Gasteiger partial charge in [0.15, 0.2) is 0 Å². The zero-order chi connectivity index (χ0) is 22.5. The van der Waals surface area contributed by atoms with E-state index in [2.05, 4.69) is 5.32 Å². The van der Waals surface area contributed by atoms with Gasteiger partial charge in [-0.15, -0.1) is 0 Å². The number of nitrogens with one attached hydrogen (secondary N) is 1. The van der Waals surface area contributed by atoms with E-state index in [1.54, 1.807) is 42.3 Å². The van der Waals surface area contributed by atoms with Gasteiger partial charge in [0.1, 0.15) is 5.82 Å².